The van der Waals surface area contributed by atoms with Gasteiger partial charge in [0, 0.05) is 25.7 Å². The molecule has 10 heteroatoms. The molecule has 0 aromatic heterocycles. The van der Waals surface area contributed by atoms with Crippen LogP contribution in [0.1, 0.15) is 11.1 Å². The van der Waals surface area contributed by atoms with Gasteiger partial charge in [0.1, 0.15) is 11.5 Å². The third-order valence-corrected chi connectivity index (χ3v) is 6.37. The lowest BCUT2D eigenvalue weighted by atomic mass is 10.1. The van der Waals surface area contributed by atoms with Gasteiger partial charge in [0.05, 0.1) is 23.0 Å². The van der Waals surface area contributed by atoms with Gasteiger partial charge in [-0.05, 0) is 36.2 Å². The van der Waals surface area contributed by atoms with E-state index in [1.807, 2.05) is 0 Å². The summed E-state index contributed by atoms with van der Waals surface area (Å²) in [7, 11) is -3.83. The van der Waals surface area contributed by atoms with E-state index in [9.17, 15) is 22.9 Å². The van der Waals surface area contributed by atoms with Crippen molar-refractivity contribution < 1.29 is 22.5 Å². The van der Waals surface area contributed by atoms with E-state index in [4.69, 9.17) is 4.74 Å². The molecule has 1 N–H and O–H groups in total. The lowest BCUT2D eigenvalue weighted by molar-refractivity contribution is -0.384. The Bertz CT molecular complexity index is 991. The van der Waals surface area contributed by atoms with Gasteiger partial charge in [0.25, 0.3) is 5.69 Å². The number of hydrogen-bond acceptors (Lipinski definition) is 6. The molecule has 1 heterocycles. The summed E-state index contributed by atoms with van der Waals surface area (Å²) in [4.78, 5) is 10.7. The Kier molecular flexibility index (Phi) is 5.92. The number of rotatable bonds is 6. The first kappa shape index (κ1) is 20.2. The molecule has 0 saturated carbocycles. The van der Waals surface area contributed by atoms with Gasteiger partial charge in [-0.2, -0.15) is 4.31 Å². The minimum absolute atomic E-state index is 0.135. The van der Waals surface area contributed by atoms with Gasteiger partial charge in [0.15, 0.2) is 0 Å². The van der Waals surface area contributed by atoms with Crippen molar-refractivity contribution in [1.29, 1.82) is 0 Å². The van der Waals surface area contributed by atoms with Crippen molar-refractivity contribution in [1.82, 2.24) is 4.31 Å². The van der Waals surface area contributed by atoms with Crippen molar-refractivity contribution >= 4 is 21.4 Å². The summed E-state index contributed by atoms with van der Waals surface area (Å²) >= 11 is 0. The number of nitro benzene ring substituents is 1. The molecule has 0 amide bonds. The number of nitrogens with one attached hydrogen (secondary N) is 1. The number of nitrogens with zero attached hydrogens (tertiary/aromatic N) is 2. The van der Waals surface area contributed by atoms with Crippen molar-refractivity contribution in [3.8, 4) is 0 Å². The predicted octanol–water partition coefficient (Wildman–Crippen LogP) is 2.68. The van der Waals surface area contributed by atoms with Gasteiger partial charge in [-0.3, -0.25) is 10.1 Å². The molecule has 2 aromatic carbocycles. The topological polar surface area (TPSA) is 102 Å². The maximum Gasteiger partial charge on any atom is 0.293 e. The van der Waals surface area contributed by atoms with E-state index in [-0.39, 0.29) is 54.9 Å². The van der Waals surface area contributed by atoms with E-state index in [1.165, 1.54) is 22.5 Å². The molecule has 150 valence electrons. The highest BCUT2D eigenvalue weighted by Crippen LogP contribution is 2.29. The number of halogens is 1. The summed E-state index contributed by atoms with van der Waals surface area (Å²) in [6.07, 6.45) is 0. The fourth-order valence-corrected chi connectivity index (χ4v) is 4.35. The molecule has 8 nitrogen and oxygen atoms in total. The fraction of sp³-hybridized carbons (Fsp3) is 0.333. The van der Waals surface area contributed by atoms with Crippen LogP contribution < -0.4 is 5.32 Å². The molecule has 3 rings (SSSR count). The van der Waals surface area contributed by atoms with Crippen LogP contribution in [0.2, 0.25) is 0 Å². The molecule has 1 saturated heterocycles. The summed E-state index contributed by atoms with van der Waals surface area (Å²) in [5.74, 6) is -0.326. The summed E-state index contributed by atoms with van der Waals surface area (Å²) in [5, 5.41) is 14.4. The maximum atomic E-state index is 13.4. The largest absolute Gasteiger partial charge is 0.379 e. The predicted molar refractivity (Wildman–Crippen MR) is 101 cm³/mol. The SMILES string of the molecule is Cc1cc(CNc2ccc(S(=O)(=O)N3CCOCC3)cc2[N+](=O)[O-])ccc1F. The molecular weight excluding hydrogens is 389 g/mol. The summed E-state index contributed by atoms with van der Waals surface area (Å²) in [6.45, 7) is 2.86. The lowest BCUT2D eigenvalue weighted by Crippen LogP contribution is -2.40. The number of morpholine rings is 1. The Balaban J connectivity index is 1.84. The number of benzene rings is 2. The summed E-state index contributed by atoms with van der Waals surface area (Å²) < 4.78 is 45.2. The monoisotopic (exact) mass is 409 g/mol. The minimum Gasteiger partial charge on any atom is -0.379 e. The van der Waals surface area contributed by atoms with Crippen LogP contribution in [0.25, 0.3) is 0 Å². The average molecular weight is 409 g/mol. The van der Waals surface area contributed by atoms with E-state index < -0.39 is 14.9 Å². The zero-order chi connectivity index (χ0) is 20.3. The second-order valence-electron chi connectivity index (χ2n) is 6.39. The number of nitro groups is 1. The molecular formula is C18H20FN3O5S. The third kappa shape index (κ3) is 4.29. The van der Waals surface area contributed by atoms with Crippen LogP contribution in [0, 0.1) is 22.9 Å². The normalized spacial score (nSPS) is 15.4. The lowest BCUT2D eigenvalue weighted by Gasteiger charge is -2.26. The first-order chi connectivity index (χ1) is 13.3. The molecule has 0 unspecified atom stereocenters. The van der Waals surface area contributed by atoms with Gasteiger partial charge in [-0.25, -0.2) is 12.8 Å². The van der Waals surface area contributed by atoms with Crippen molar-refractivity contribution in [3.63, 3.8) is 0 Å². The zero-order valence-electron chi connectivity index (χ0n) is 15.2. The Morgan fingerprint density at radius 2 is 1.93 bits per heavy atom. The van der Waals surface area contributed by atoms with Crippen molar-refractivity contribution in [3.05, 3.63) is 63.5 Å². The van der Waals surface area contributed by atoms with E-state index >= 15 is 0 Å². The van der Waals surface area contributed by atoms with E-state index in [0.29, 0.717) is 5.56 Å². The number of aryl methyl sites for hydroxylation is 1. The highest BCUT2D eigenvalue weighted by atomic mass is 32.2. The van der Waals surface area contributed by atoms with Gasteiger partial charge in [-0.15, -0.1) is 0 Å². The van der Waals surface area contributed by atoms with Crippen molar-refractivity contribution in [2.75, 3.05) is 31.6 Å². The van der Waals surface area contributed by atoms with Crippen molar-refractivity contribution in [2.45, 2.75) is 18.4 Å². The molecule has 0 spiro atoms. The van der Waals surface area contributed by atoms with Gasteiger partial charge >= 0.3 is 0 Å². The molecule has 0 radical (unpaired) electrons. The summed E-state index contributed by atoms with van der Waals surface area (Å²) in [5.41, 5.74) is 1.07. The number of ether oxygens (including phenoxy) is 1. The van der Waals surface area contributed by atoms with Crippen molar-refractivity contribution in [2.24, 2.45) is 0 Å². The second kappa shape index (κ2) is 8.21. The molecule has 2 aromatic rings. The number of anilines is 1. The van der Waals surface area contributed by atoms with Crippen LogP contribution in [-0.2, 0) is 21.3 Å². The van der Waals surface area contributed by atoms with E-state index in [1.54, 1.807) is 19.1 Å². The number of sulfonamides is 1. The third-order valence-electron chi connectivity index (χ3n) is 4.48. The van der Waals surface area contributed by atoms with E-state index in [0.717, 1.165) is 11.6 Å². The number of hydrogen-bond donors (Lipinski definition) is 1. The van der Waals surface area contributed by atoms with Crippen LogP contribution in [0.3, 0.4) is 0 Å². The minimum atomic E-state index is -3.83. The van der Waals surface area contributed by atoms with E-state index in [2.05, 4.69) is 5.32 Å². The summed E-state index contributed by atoms with van der Waals surface area (Å²) in [6, 6.07) is 8.34. The van der Waals surface area contributed by atoms with Crippen LogP contribution >= 0.6 is 0 Å². The van der Waals surface area contributed by atoms with Crippen LogP contribution in [0.15, 0.2) is 41.3 Å². The smallest absolute Gasteiger partial charge is 0.293 e. The first-order valence-electron chi connectivity index (χ1n) is 8.64. The first-order valence-corrected chi connectivity index (χ1v) is 10.1. The van der Waals surface area contributed by atoms with Crippen LogP contribution in [0.4, 0.5) is 15.8 Å². The molecule has 0 aliphatic carbocycles. The highest BCUT2D eigenvalue weighted by Gasteiger charge is 2.28. The molecule has 1 fully saturated rings. The average Bonchev–Trinajstić information content (AvgIpc) is 2.69. The molecule has 28 heavy (non-hydrogen) atoms. The standard InChI is InChI=1S/C18H20FN3O5S/c1-13-10-14(2-4-16(13)19)12-20-17-5-3-15(11-18(17)22(23)24)28(25,26)21-6-8-27-9-7-21/h2-5,10-11,20H,6-9,12H2,1H3. The Hall–Kier alpha value is -2.56. The maximum absolute atomic E-state index is 13.4. The zero-order valence-corrected chi connectivity index (χ0v) is 16.0. The Labute approximate surface area is 162 Å². The van der Waals surface area contributed by atoms with Crippen LogP contribution in [0.5, 0.6) is 0 Å². The van der Waals surface area contributed by atoms with Gasteiger partial charge in [-0.1, -0.05) is 12.1 Å². The second-order valence-corrected chi connectivity index (χ2v) is 8.33. The fourth-order valence-electron chi connectivity index (χ4n) is 2.92. The quantitative estimate of drug-likeness (QED) is 0.581. The molecule has 1 aliphatic rings. The van der Waals surface area contributed by atoms with Gasteiger partial charge in [0.2, 0.25) is 10.0 Å². The Morgan fingerprint density at radius 3 is 2.57 bits per heavy atom. The highest BCUT2D eigenvalue weighted by molar-refractivity contribution is 7.89. The molecule has 1 aliphatic heterocycles. The molecule has 0 bridgehead atoms. The van der Waals surface area contributed by atoms with Crippen LogP contribution in [-0.4, -0.2) is 43.9 Å². The van der Waals surface area contributed by atoms with Gasteiger partial charge < -0.3 is 10.1 Å². The Morgan fingerprint density at radius 1 is 1.21 bits per heavy atom. The molecule has 0 atom stereocenters.